The summed E-state index contributed by atoms with van der Waals surface area (Å²) in [6.07, 6.45) is 1.84. The minimum Gasteiger partial charge on any atom is -0.419 e. The normalized spacial score (nSPS) is 17.0. The van der Waals surface area contributed by atoms with Gasteiger partial charge in [-0.15, -0.1) is 0 Å². The van der Waals surface area contributed by atoms with Gasteiger partial charge in [-0.25, -0.2) is 18.0 Å². The molecule has 0 spiro atoms. The molecular weight excluding hydrogens is 342 g/mol. The van der Waals surface area contributed by atoms with Crippen molar-refractivity contribution >= 4 is 33.5 Å². The van der Waals surface area contributed by atoms with E-state index < -0.39 is 43.7 Å². The van der Waals surface area contributed by atoms with Crippen molar-refractivity contribution in [2.24, 2.45) is 0 Å². The number of sulfone groups is 1. The monoisotopic (exact) mass is 355 g/mol. The molecule has 0 atom stereocenters. The number of rotatable bonds is 3. The number of ether oxygens (including phenoxy) is 2. The predicted octanol–water partition coefficient (Wildman–Crippen LogP) is 1.22. The van der Waals surface area contributed by atoms with Crippen LogP contribution in [0.2, 0.25) is 0 Å². The first-order chi connectivity index (χ1) is 10.9. The van der Waals surface area contributed by atoms with Crippen molar-refractivity contribution in [2.45, 2.75) is 24.5 Å². The topological polar surface area (TPSA) is 130 Å². The molecule has 1 aromatic carbocycles. The Morgan fingerprint density at radius 1 is 1.17 bits per heavy atom. The van der Waals surface area contributed by atoms with Gasteiger partial charge in [-0.05, 0) is 18.2 Å². The van der Waals surface area contributed by atoms with Gasteiger partial charge in [0.1, 0.15) is 5.57 Å². The molecular formula is C14H13NO8S. The molecule has 0 unspecified atom stereocenters. The van der Waals surface area contributed by atoms with Crippen LogP contribution in [0.5, 0.6) is 0 Å². The fourth-order valence-corrected chi connectivity index (χ4v) is 2.61. The zero-order valence-electron chi connectivity index (χ0n) is 12.9. The Balaban J connectivity index is 2.55. The molecule has 0 N–H and O–H groups in total. The van der Waals surface area contributed by atoms with Gasteiger partial charge < -0.3 is 9.47 Å². The molecule has 1 heterocycles. The standard InChI is InChI=1S/C14H13NO8S/c1-14(2)22-12(16)10(13(17)23-14)6-8-4-5-9(24(3,20)21)7-11(8)15(18)19/h4-7H,1-3H3. The highest BCUT2D eigenvalue weighted by Gasteiger charge is 2.39. The Bertz CT molecular complexity index is 860. The summed E-state index contributed by atoms with van der Waals surface area (Å²) in [5.41, 5.74) is -1.23. The number of nitrogens with zero attached hydrogens (tertiary/aromatic N) is 1. The van der Waals surface area contributed by atoms with E-state index in [1.165, 1.54) is 13.8 Å². The Kier molecular flexibility index (Phi) is 4.19. The van der Waals surface area contributed by atoms with Crippen molar-refractivity contribution < 1.29 is 32.4 Å². The molecule has 0 radical (unpaired) electrons. The van der Waals surface area contributed by atoms with Crippen LogP contribution in [0.1, 0.15) is 19.4 Å². The number of cyclic esters (lactones) is 2. The van der Waals surface area contributed by atoms with Gasteiger partial charge in [-0.1, -0.05) is 0 Å². The van der Waals surface area contributed by atoms with E-state index in [9.17, 15) is 28.1 Å². The molecule has 0 saturated carbocycles. The van der Waals surface area contributed by atoms with E-state index in [1.807, 2.05) is 0 Å². The number of benzene rings is 1. The smallest absolute Gasteiger partial charge is 0.348 e. The van der Waals surface area contributed by atoms with Crippen molar-refractivity contribution in [1.29, 1.82) is 0 Å². The van der Waals surface area contributed by atoms with E-state index in [0.29, 0.717) is 0 Å². The molecule has 0 aromatic heterocycles. The van der Waals surface area contributed by atoms with Gasteiger partial charge in [0.15, 0.2) is 9.84 Å². The van der Waals surface area contributed by atoms with E-state index in [2.05, 4.69) is 0 Å². The van der Waals surface area contributed by atoms with Crippen molar-refractivity contribution in [3.05, 3.63) is 39.4 Å². The highest BCUT2D eigenvalue weighted by molar-refractivity contribution is 7.90. The van der Waals surface area contributed by atoms with Gasteiger partial charge >= 0.3 is 11.9 Å². The number of nitro benzene ring substituents is 1. The SMILES string of the molecule is CC1(C)OC(=O)C(=Cc2ccc(S(C)(=O)=O)cc2[N+](=O)[O-])C(=O)O1. The van der Waals surface area contributed by atoms with Crippen molar-refractivity contribution in [2.75, 3.05) is 6.26 Å². The molecule has 1 aliphatic rings. The van der Waals surface area contributed by atoms with Crippen molar-refractivity contribution in [3.63, 3.8) is 0 Å². The van der Waals surface area contributed by atoms with Crippen molar-refractivity contribution in [3.8, 4) is 0 Å². The van der Waals surface area contributed by atoms with E-state index in [0.717, 1.165) is 30.5 Å². The molecule has 1 fully saturated rings. The van der Waals surface area contributed by atoms with Crippen molar-refractivity contribution in [1.82, 2.24) is 0 Å². The number of esters is 2. The van der Waals surface area contributed by atoms with Gasteiger partial charge in [0.25, 0.3) is 11.5 Å². The maximum Gasteiger partial charge on any atom is 0.348 e. The largest absolute Gasteiger partial charge is 0.419 e. The summed E-state index contributed by atoms with van der Waals surface area (Å²) in [5.74, 6) is -3.41. The average Bonchev–Trinajstić information content (AvgIpc) is 2.40. The Hall–Kier alpha value is -2.75. The van der Waals surface area contributed by atoms with E-state index in [4.69, 9.17) is 9.47 Å². The van der Waals surface area contributed by atoms with Crippen LogP contribution >= 0.6 is 0 Å². The maximum atomic E-state index is 11.9. The quantitative estimate of drug-likeness (QED) is 0.260. The van der Waals surface area contributed by atoms with Gasteiger partial charge in [0.05, 0.1) is 15.4 Å². The molecule has 0 bridgehead atoms. The zero-order chi connectivity index (χ0) is 18.3. The molecule has 128 valence electrons. The minimum atomic E-state index is -3.65. The molecule has 24 heavy (non-hydrogen) atoms. The van der Waals surface area contributed by atoms with Gasteiger partial charge in [-0.3, -0.25) is 10.1 Å². The van der Waals surface area contributed by atoms with Gasteiger partial charge in [-0.2, -0.15) is 0 Å². The molecule has 1 aromatic rings. The van der Waals surface area contributed by atoms with E-state index in [1.54, 1.807) is 0 Å². The summed E-state index contributed by atoms with van der Waals surface area (Å²) >= 11 is 0. The van der Waals surface area contributed by atoms with Crippen LogP contribution in [0.3, 0.4) is 0 Å². The fraction of sp³-hybridized carbons (Fsp3) is 0.286. The van der Waals surface area contributed by atoms with Crippen LogP contribution in [0.25, 0.3) is 6.08 Å². The molecule has 1 saturated heterocycles. The maximum absolute atomic E-state index is 11.9. The third-order valence-corrected chi connectivity index (χ3v) is 4.15. The Morgan fingerprint density at radius 3 is 2.17 bits per heavy atom. The first kappa shape index (κ1) is 17.6. The molecule has 9 nitrogen and oxygen atoms in total. The predicted molar refractivity (Wildman–Crippen MR) is 80.4 cm³/mol. The first-order valence-corrected chi connectivity index (χ1v) is 8.47. The van der Waals surface area contributed by atoms with Gasteiger partial charge in [0, 0.05) is 26.2 Å². The number of hydrogen-bond acceptors (Lipinski definition) is 8. The van der Waals surface area contributed by atoms with E-state index in [-0.39, 0.29) is 10.5 Å². The highest BCUT2D eigenvalue weighted by atomic mass is 32.2. The van der Waals surface area contributed by atoms with Crippen LogP contribution < -0.4 is 0 Å². The third-order valence-electron chi connectivity index (χ3n) is 3.04. The lowest BCUT2D eigenvalue weighted by Gasteiger charge is -2.29. The number of hydrogen-bond donors (Lipinski definition) is 0. The number of carbonyl (C=O) groups is 2. The summed E-state index contributed by atoms with van der Waals surface area (Å²) in [6, 6.07) is 3.12. The molecule has 1 aliphatic heterocycles. The Morgan fingerprint density at radius 2 is 1.71 bits per heavy atom. The summed E-state index contributed by atoms with van der Waals surface area (Å²) in [6.45, 7) is 2.73. The van der Waals surface area contributed by atoms with Crippen LogP contribution in [0, 0.1) is 10.1 Å². The molecule has 10 heteroatoms. The summed E-state index contributed by atoms with van der Waals surface area (Å²) in [7, 11) is -3.65. The van der Waals surface area contributed by atoms with Gasteiger partial charge in [0.2, 0.25) is 0 Å². The second kappa shape index (κ2) is 5.71. The first-order valence-electron chi connectivity index (χ1n) is 6.57. The second-order valence-electron chi connectivity index (χ2n) is 5.49. The van der Waals surface area contributed by atoms with Crippen LogP contribution in [0.4, 0.5) is 5.69 Å². The summed E-state index contributed by atoms with van der Waals surface area (Å²) in [4.78, 5) is 33.8. The summed E-state index contributed by atoms with van der Waals surface area (Å²) in [5, 5.41) is 11.2. The number of nitro groups is 1. The lowest BCUT2D eigenvalue weighted by molar-refractivity contribution is -0.385. The zero-order valence-corrected chi connectivity index (χ0v) is 13.7. The minimum absolute atomic E-state index is 0.129. The molecule has 2 rings (SSSR count). The van der Waals surface area contributed by atoms with Crippen LogP contribution in [0.15, 0.2) is 28.7 Å². The van der Waals surface area contributed by atoms with E-state index >= 15 is 0 Å². The number of carbonyl (C=O) groups excluding carboxylic acids is 2. The molecule has 0 aliphatic carbocycles. The summed E-state index contributed by atoms with van der Waals surface area (Å²) < 4.78 is 32.8. The second-order valence-corrected chi connectivity index (χ2v) is 7.50. The third kappa shape index (κ3) is 3.59. The van der Waals surface area contributed by atoms with Crippen LogP contribution in [-0.2, 0) is 28.9 Å². The molecule has 0 amide bonds. The lowest BCUT2D eigenvalue weighted by atomic mass is 10.1. The van der Waals surface area contributed by atoms with Crippen LogP contribution in [-0.4, -0.2) is 37.3 Å². The average molecular weight is 355 g/mol. The fourth-order valence-electron chi connectivity index (χ4n) is 1.97. The Labute approximate surface area is 136 Å². The highest BCUT2D eigenvalue weighted by Crippen LogP contribution is 2.28. The lowest BCUT2D eigenvalue weighted by Crippen LogP contribution is -2.41.